The molecule has 5 nitrogen and oxygen atoms in total. The van der Waals surface area contributed by atoms with Gasteiger partial charge in [0.15, 0.2) is 0 Å². The Hall–Kier alpha value is -2.21. The third kappa shape index (κ3) is 2.18. The molecule has 0 unspecified atom stereocenters. The Morgan fingerprint density at radius 2 is 2.05 bits per heavy atom. The van der Waals surface area contributed by atoms with Crippen LogP contribution in [0.5, 0.6) is 0 Å². The summed E-state index contributed by atoms with van der Waals surface area (Å²) in [7, 11) is 0. The first-order chi connectivity index (χ1) is 9.69. The summed E-state index contributed by atoms with van der Waals surface area (Å²) in [6.07, 6.45) is 0.666. The second kappa shape index (κ2) is 5.05. The summed E-state index contributed by atoms with van der Waals surface area (Å²) >= 11 is 1.37. The summed E-state index contributed by atoms with van der Waals surface area (Å²) in [5.74, 6) is 0. The lowest BCUT2D eigenvalue weighted by molar-refractivity contribution is 0.856. The van der Waals surface area contributed by atoms with E-state index < -0.39 is 0 Å². The van der Waals surface area contributed by atoms with E-state index in [9.17, 15) is 4.79 Å². The average molecular weight is 286 g/mol. The summed E-state index contributed by atoms with van der Waals surface area (Å²) in [6, 6.07) is 9.74. The molecule has 6 heteroatoms. The van der Waals surface area contributed by atoms with Crippen LogP contribution in [0, 0.1) is 6.92 Å². The van der Waals surface area contributed by atoms with Gasteiger partial charge in [-0.05, 0) is 25.5 Å². The quantitative estimate of drug-likeness (QED) is 0.804. The lowest BCUT2D eigenvalue weighted by atomic mass is 10.2. The third-order valence-electron chi connectivity index (χ3n) is 3.09. The molecule has 1 aromatic carbocycles. The van der Waals surface area contributed by atoms with Crippen molar-refractivity contribution in [3.8, 4) is 0 Å². The number of anilines is 2. The van der Waals surface area contributed by atoms with Crippen molar-refractivity contribution >= 4 is 27.1 Å². The number of hydrogen-bond donors (Lipinski definition) is 1. The van der Waals surface area contributed by atoms with E-state index in [1.54, 1.807) is 0 Å². The molecule has 0 amide bonds. The van der Waals surface area contributed by atoms with Crippen LogP contribution in [0.4, 0.5) is 10.8 Å². The molecule has 2 heterocycles. The molecule has 0 aliphatic carbocycles. The second-order valence-electron chi connectivity index (χ2n) is 4.43. The van der Waals surface area contributed by atoms with Crippen molar-refractivity contribution in [3.63, 3.8) is 0 Å². The van der Waals surface area contributed by atoms with E-state index in [1.807, 2.05) is 44.2 Å². The Bertz CT molecular complexity index is 807. The molecule has 0 aliphatic heterocycles. The van der Waals surface area contributed by atoms with Gasteiger partial charge in [-0.15, -0.1) is 5.10 Å². The van der Waals surface area contributed by atoms with E-state index in [-0.39, 0.29) is 5.56 Å². The Balaban J connectivity index is 2.07. The van der Waals surface area contributed by atoms with Gasteiger partial charge in [-0.25, -0.2) is 4.98 Å². The molecular formula is C14H14N4OS. The van der Waals surface area contributed by atoms with E-state index in [0.29, 0.717) is 16.5 Å². The van der Waals surface area contributed by atoms with E-state index in [1.165, 1.54) is 15.9 Å². The number of para-hydroxylation sites is 1. The van der Waals surface area contributed by atoms with Gasteiger partial charge in [-0.3, -0.25) is 4.79 Å². The van der Waals surface area contributed by atoms with Crippen molar-refractivity contribution in [2.45, 2.75) is 20.3 Å². The molecule has 0 aliphatic rings. The lowest BCUT2D eigenvalue weighted by Gasteiger charge is -2.00. The van der Waals surface area contributed by atoms with Gasteiger partial charge in [-0.1, -0.05) is 36.5 Å². The van der Waals surface area contributed by atoms with Crippen LogP contribution in [0.2, 0.25) is 0 Å². The van der Waals surface area contributed by atoms with Gasteiger partial charge >= 0.3 is 0 Å². The molecule has 3 rings (SSSR count). The molecule has 0 atom stereocenters. The molecule has 0 saturated carbocycles. The minimum absolute atomic E-state index is 0.0765. The van der Waals surface area contributed by atoms with E-state index >= 15 is 0 Å². The Kier molecular flexibility index (Phi) is 3.23. The van der Waals surface area contributed by atoms with E-state index in [0.717, 1.165) is 16.9 Å². The highest BCUT2D eigenvalue weighted by atomic mass is 32.1. The number of nitrogens with zero attached hydrogens (tertiary/aromatic N) is 3. The summed E-state index contributed by atoms with van der Waals surface area (Å²) < 4.78 is 1.38. The van der Waals surface area contributed by atoms with Gasteiger partial charge in [0.05, 0.1) is 0 Å². The van der Waals surface area contributed by atoms with Crippen molar-refractivity contribution in [1.29, 1.82) is 0 Å². The highest BCUT2D eigenvalue weighted by molar-refractivity contribution is 7.20. The minimum atomic E-state index is -0.0765. The van der Waals surface area contributed by atoms with Gasteiger partial charge in [0.1, 0.15) is 0 Å². The third-order valence-corrected chi connectivity index (χ3v) is 3.91. The average Bonchev–Trinajstić information content (AvgIpc) is 2.83. The molecule has 0 fully saturated rings. The van der Waals surface area contributed by atoms with Gasteiger partial charge in [-0.2, -0.15) is 4.52 Å². The van der Waals surface area contributed by atoms with Crippen LogP contribution in [-0.4, -0.2) is 14.6 Å². The SMILES string of the molecule is CCc1c(C)nc2sc(Nc3ccccc3)nn2c1=O. The number of rotatable bonds is 3. The zero-order valence-corrected chi connectivity index (χ0v) is 12.1. The largest absolute Gasteiger partial charge is 0.330 e. The highest BCUT2D eigenvalue weighted by Crippen LogP contribution is 2.21. The summed E-state index contributed by atoms with van der Waals surface area (Å²) in [6.45, 7) is 3.82. The molecule has 102 valence electrons. The van der Waals surface area contributed by atoms with Crippen molar-refractivity contribution in [2.24, 2.45) is 0 Å². The Morgan fingerprint density at radius 1 is 1.30 bits per heavy atom. The molecule has 3 aromatic rings. The first-order valence-electron chi connectivity index (χ1n) is 6.40. The molecule has 0 saturated heterocycles. The van der Waals surface area contributed by atoms with Crippen molar-refractivity contribution in [1.82, 2.24) is 14.6 Å². The van der Waals surface area contributed by atoms with Crippen LogP contribution >= 0.6 is 11.3 Å². The van der Waals surface area contributed by atoms with Crippen LogP contribution < -0.4 is 10.9 Å². The highest BCUT2D eigenvalue weighted by Gasteiger charge is 2.12. The standard InChI is InChI=1S/C14H14N4OS/c1-3-11-9(2)15-14-18(12(11)19)17-13(20-14)16-10-7-5-4-6-8-10/h4-8H,3H2,1-2H3,(H,16,17). The lowest BCUT2D eigenvalue weighted by Crippen LogP contribution is -2.21. The molecule has 0 bridgehead atoms. The first-order valence-corrected chi connectivity index (χ1v) is 7.22. The predicted molar refractivity (Wildman–Crippen MR) is 81.0 cm³/mol. The topological polar surface area (TPSA) is 59.3 Å². The zero-order valence-electron chi connectivity index (χ0n) is 11.3. The summed E-state index contributed by atoms with van der Waals surface area (Å²) in [5, 5.41) is 8.15. The number of benzene rings is 1. The van der Waals surface area contributed by atoms with Gasteiger partial charge in [0.25, 0.3) is 5.56 Å². The Labute approximate surface area is 119 Å². The fraction of sp³-hybridized carbons (Fsp3) is 0.214. The summed E-state index contributed by atoms with van der Waals surface area (Å²) in [4.78, 5) is 17.3. The number of aromatic nitrogens is 3. The van der Waals surface area contributed by atoms with E-state index in [4.69, 9.17) is 0 Å². The maximum absolute atomic E-state index is 12.3. The second-order valence-corrected chi connectivity index (χ2v) is 5.38. The zero-order chi connectivity index (χ0) is 14.1. The fourth-order valence-corrected chi connectivity index (χ4v) is 2.94. The van der Waals surface area contributed by atoms with E-state index in [2.05, 4.69) is 15.4 Å². The monoisotopic (exact) mass is 286 g/mol. The van der Waals surface area contributed by atoms with Gasteiger partial charge in [0, 0.05) is 16.9 Å². The number of nitrogens with one attached hydrogen (secondary N) is 1. The molecule has 0 spiro atoms. The van der Waals surface area contributed by atoms with Crippen molar-refractivity contribution in [3.05, 3.63) is 51.9 Å². The van der Waals surface area contributed by atoms with Gasteiger partial charge < -0.3 is 5.32 Å². The number of aryl methyl sites for hydroxylation is 1. The van der Waals surface area contributed by atoms with Crippen molar-refractivity contribution in [2.75, 3.05) is 5.32 Å². The van der Waals surface area contributed by atoms with Gasteiger partial charge in [0.2, 0.25) is 10.1 Å². The smallest absolute Gasteiger partial charge is 0.278 e. The Morgan fingerprint density at radius 3 is 2.75 bits per heavy atom. The fourth-order valence-electron chi connectivity index (χ4n) is 2.08. The van der Waals surface area contributed by atoms with Crippen LogP contribution in [0.15, 0.2) is 35.1 Å². The maximum Gasteiger partial charge on any atom is 0.278 e. The molecular weight excluding hydrogens is 272 g/mol. The molecule has 2 aromatic heterocycles. The number of fused-ring (bicyclic) bond motifs is 1. The molecule has 20 heavy (non-hydrogen) atoms. The molecule has 0 radical (unpaired) electrons. The molecule has 1 N–H and O–H groups in total. The van der Waals surface area contributed by atoms with Crippen LogP contribution in [0.25, 0.3) is 4.96 Å². The maximum atomic E-state index is 12.3. The van der Waals surface area contributed by atoms with Crippen molar-refractivity contribution < 1.29 is 0 Å². The summed E-state index contributed by atoms with van der Waals surface area (Å²) in [5.41, 5.74) is 2.37. The van der Waals surface area contributed by atoms with Crippen LogP contribution in [0.3, 0.4) is 0 Å². The minimum Gasteiger partial charge on any atom is -0.330 e. The van der Waals surface area contributed by atoms with Crippen LogP contribution in [-0.2, 0) is 6.42 Å². The first kappa shape index (κ1) is 12.8. The van der Waals surface area contributed by atoms with Crippen LogP contribution in [0.1, 0.15) is 18.2 Å². The normalized spacial score (nSPS) is 10.9. The number of hydrogen-bond acceptors (Lipinski definition) is 5. The predicted octanol–water partition coefficient (Wildman–Crippen LogP) is 2.77.